The Morgan fingerprint density at radius 3 is 2.39 bits per heavy atom. The first-order chi connectivity index (χ1) is 13.2. The molecule has 28 heavy (non-hydrogen) atoms. The maximum Gasteiger partial charge on any atom is 0.261 e. The molecule has 0 fully saturated rings. The highest BCUT2D eigenvalue weighted by Crippen LogP contribution is 2.20. The molecule has 8 heteroatoms. The van der Waals surface area contributed by atoms with Crippen molar-refractivity contribution in [1.29, 1.82) is 0 Å². The SMILES string of the molecule is Cc1cccc(NC(=O)c2cc(S(=O)(=O)Nc3ccc(F)cc3)ccc2C)n1. The molecular weight excluding hydrogens is 381 g/mol. The first kappa shape index (κ1) is 19.5. The lowest BCUT2D eigenvalue weighted by molar-refractivity contribution is 0.102. The predicted molar refractivity (Wildman–Crippen MR) is 105 cm³/mol. The Morgan fingerprint density at radius 1 is 1.00 bits per heavy atom. The van der Waals surface area contributed by atoms with E-state index in [2.05, 4.69) is 15.0 Å². The number of aromatic nitrogens is 1. The average molecular weight is 399 g/mol. The Morgan fingerprint density at radius 2 is 1.71 bits per heavy atom. The second-order valence-corrected chi connectivity index (χ2v) is 7.89. The van der Waals surface area contributed by atoms with Crippen molar-refractivity contribution in [3.8, 4) is 0 Å². The number of halogens is 1. The highest BCUT2D eigenvalue weighted by atomic mass is 32.2. The van der Waals surface area contributed by atoms with Crippen LogP contribution in [0.3, 0.4) is 0 Å². The van der Waals surface area contributed by atoms with E-state index in [-0.39, 0.29) is 16.1 Å². The number of aryl methyl sites for hydroxylation is 2. The monoisotopic (exact) mass is 399 g/mol. The van der Waals surface area contributed by atoms with Crippen molar-refractivity contribution in [3.05, 3.63) is 83.3 Å². The van der Waals surface area contributed by atoms with E-state index >= 15 is 0 Å². The zero-order chi connectivity index (χ0) is 20.3. The normalized spacial score (nSPS) is 11.1. The van der Waals surface area contributed by atoms with Crippen LogP contribution < -0.4 is 10.0 Å². The number of hydrogen-bond donors (Lipinski definition) is 2. The minimum Gasteiger partial charge on any atom is -0.307 e. The van der Waals surface area contributed by atoms with Gasteiger partial charge in [-0.1, -0.05) is 12.1 Å². The summed E-state index contributed by atoms with van der Waals surface area (Å²) >= 11 is 0. The smallest absolute Gasteiger partial charge is 0.261 e. The maximum absolute atomic E-state index is 13.0. The number of carbonyl (C=O) groups excluding carboxylic acids is 1. The number of sulfonamides is 1. The third-order valence-corrected chi connectivity index (χ3v) is 5.37. The van der Waals surface area contributed by atoms with Crippen LogP contribution in [0.2, 0.25) is 0 Å². The second-order valence-electron chi connectivity index (χ2n) is 6.21. The van der Waals surface area contributed by atoms with Crippen LogP contribution in [0.4, 0.5) is 15.9 Å². The molecule has 0 saturated heterocycles. The molecule has 0 atom stereocenters. The zero-order valence-electron chi connectivity index (χ0n) is 15.2. The van der Waals surface area contributed by atoms with Gasteiger partial charge in [0, 0.05) is 16.9 Å². The molecule has 6 nitrogen and oxygen atoms in total. The molecule has 2 aromatic carbocycles. The number of nitrogens with zero attached hydrogens (tertiary/aromatic N) is 1. The van der Waals surface area contributed by atoms with Gasteiger partial charge in [-0.05, 0) is 67.9 Å². The number of carbonyl (C=O) groups is 1. The Hall–Kier alpha value is -3.26. The molecule has 0 aliphatic heterocycles. The summed E-state index contributed by atoms with van der Waals surface area (Å²) in [5.41, 5.74) is 1.79. The first-order valence-corrected chi connectivity index (χ1v) is 9.87. The molecule has 2 N–H and O–H groups in total. The van der Waals surface area contributed by atoms with E-state index in [1.165, 1.54) is 24.3 Å². The fourth-order valence-corrected chi connectivity index (χ4v) is 3.63. The highest BCUT2D eigenvalue weighted by Gasteiger charge is 2.18. The Labute approximate surface area is 162 Å². The molecule has 3 rings (SSSR count). The van der Waals surface area contributed by atoms with Gasteiger partial charge in [0.05, 0.1) is 4.90 Å². The summed E-state index contributed by atoms with van der Waals surface area (Å²) < 4.78 is 40.6. The number of rotatable bonds is 5. The van der Waals surface area contributed by atoms with E-state index < -0.39 is 21.7 Å². The summed E-state index contributed by atoms with van der Waals surface area (Å²) in [4.78, 5) is 16.7. The van der Waals surface area contributed by atoms with E-state index in [9.17, 15) is 17.6 Å². The highest BCUT2D eigenvalue weighted by molar-refractivity contribution is 7.92. The third kappa shape index (κ3) is 4.52. The summed E-state index contributed by atoms with van der Waals surface area (Å²) in [5.74, 6) is -0.557. The van der Waals surface area contributed by atoms with Crippen LogP contribution in [-0.4, -0.2) is 19.3 Å². The summed E-state index contributed by atoms with van der Waals surface area (Å²) in [6.07, 6.45) is 0. The summed E-state index contributed by atoms with van der Waals surface area (Å²) in [7, 11) is -3.95. The molecule has 0 saturated carbocycles. The Kier molecular flexibility index (Phi) is 5.41. The lowest BCUT2D eigenvalue weighted by Crippen LogP contribution is -2.17. The van der Waals surface area contributed by atoms with E-state index in [0.29, 0.717) is 11.4 Å². The second kappa shape index (κ2) is 7.77. The van der Waals surface area contributed by atoms with Gasteiger partial charge in [-0.2, -0.15) is 0 Å². The van der Waals surface area contributed by atoms with Gasteiger partial charge in [0.1, 0.15) is 11.6 Å². The van der Waals surface area contributed by atoms with Crippen LogP contribution in [-0.2, 0) is 10.0 Å². The molecule has 1 amide bonds. The topological polar surface area (TPSA) is 88.2 Å². The lowest BCUT2D eigenvalue weighted by atomic mass is 10.1. The maximum atomic E-state index is 13.0. The summed E-state index contributed by atoms with van der Waals surface area (Å²) in [5, 5.41) is 2.67. The van der Waals surface area contributed by atoms with Crippen molar-refractivity contribution in [3.63, 3.8) is 0 Å². The molecule has 0 aliphatic rings. The fourth-order valence-electron chi connectivity index (χ4n) is 2.54. The summed E-state index contributed by atoms with van der Waals surface area (Å²) in [6, 6.07) is 14.4. The van der Waals surface area contributed by atoms with Crippen LogP contribution >= 0.6 is 0 Å². The van der Waals surface area contributed by atoms with Gasteiger partial charge in [0.15, 0.2) is 0 Å². The standard InChI is InChI=1S/C20H18FN3O3S/c1-13-6-11-17(28(26,27)24-16-9-7-15(21)8-10-16)12-18(13)20(25)23-19-5-3-4-14(2)22-19/h3-12,24H,1-2H3,(H,22,23,25). The number of anilines is 2. The number of amides is 1. The van der Waals surface area contributed by atoms with Crippen LogP contribution in [0.5, 0.6) is 0 Å². The summed E-state index contributed by atoms with van der Waals surface area (Å²) in [6.45, 7) is 3.51. The minimum absolute atomic E-state index is 0.0789. The Balaban J connectivity index is 1.87. The Bertz CT molecular complexity index is 1130. The number of pyridine rings is 1. The number of hydrogen-bond acceptors (Lipinski definition) is 4. The van der Waals surface area contributed by atoms with E-state index in [1.54, 1.807) is 38.1 Å². The third-order valence-electron chi connectivity index (χ3n) is 3.99. The molecular formula is C20H18FN3O3S. The molecule has 0 unspecified atom stereocenters. The van der Waals surface area contributed by atoms with Crippen LogP contribution in [0.1, 0.15) is 21.6 Å². The number of benzene rings is 2. The van der Waals surface area contributed by atoms with E-state index in [1.807, 2.05) is 0 Å². The fraction of sp³-hybridized carbons (Fsp3) is 0.100. The minimum atomic E-state index is -3.95. The number of nitrogens with one attached hydrogen (secondary N) is 2. The molecule has 144 valence electrons. The van der Waals surface area contributed by atoms with Crippen molar-refractivity contribution in [1.82, 2.24) is 4.98 Å². The molecule has 0 bridgehead atoms. The van der Waals surface area contributed by atoms with Crippen molar-refractivity contribution in [2.45, 2.75) is 18.7 Å². The molecule has 1 heterocycles. The van der Waals surface area contributed by atoms with Gasteiger partial charge in [0.2, 0.25) is 0 Å². The molecule has 0 spiro atoms. The van der Waals surface area contributed by atoms with Crippen LogP contribution in [0, 0.1) is 19.7 Å². The van der Waals surface area contributed by atoms with Crippen molar-refractivity contribution in [2.24, 2.45) is 0 Å². The van der Waals surface area contributed by atoms with Gasteiger partial charge in [0.25, 0.3) is 15.9 Å². The van der Waals surface area contributed by atoms with Gasteiger partial charge < -0.3 is 5.32 Å². The van der Waals surface area contributed by atoms with Gasteiger partial charge >= 0.3 is 0 Å². The zero-order valence-corrected chi connectivity index (χ0v) is 16.0. The quantitative estimate of drug-likeness (QED) is 0.681. The molecule has 1 aromatic heterocycles. The van der Waals surface area contributed by atoms with Crippen LogP contribution in [0.15, 0.2) is 65.6 Å². The van der Waals surface area contributed by atoms with Gasteiger partial charge in [-0.15, -0.1) is 0 Å². The molecule has 0 aliphatic carbocycles. The average Bonchev–Trinajstić information content (AvgIpc) is 2.63. The first-order valence-electron chi connectivity index (χ1n) is 8.39. The largest absolute Gasteiger partial charge is 0.307 e. The van der Waals surface area contributed by atoms with Crippen molar-refractivity contribution < 1.29 is 17.6 Å². The van der Waals surface area contributed by atoms with Gasteiger partial charge in [-0.25, -0.2) is 17.8 Å². The van der Waals surface area contributed by atoms with Crippen LogP contribution in [0.25, 0.3) is 0 Å². The lowest BCUT2D eigenvalue weighted by Gasteiger charge is -2.12. The molecule has 3 aromatic rings. The molecule has 0 radical (unpaired) electrons. The van der Waals surface area contributed by atoms with Crippen molar-refractivity contribution >= 4 is 27.4 Å². The predicted octanol–water partition coefficient (Wildman–Crippen LogP) is 3.89. The van der Waals surface area contributed by atoms with E-state index in [0.717, 1.165) is 17.8 Å². The van der Waals surface area contributed by atoms with Gasteiger partial charge in [-0.3, -0.25) is 9.52 Å². The van der Waals surface area contributed by atoms with Crippen molar-refractivity contribution in [2.75, 3.05) is 10.0 Å². The van der Waals surface area contributed by atoms with E-state index in [4.69, 9.17) is 0 Å².